The topological polar surface area (TPSA) is 46.2 Å². The monoisotopic (exact) mass is 365 g/mol. The second-order valence-electron chi connectivity index (χ2n) is 10.3. The average Bonchev–Trinajstić information content (AvgIpc) is 2.86. The highest BCUT2D eigenvalue weighted by Crippen LogP contribution is 2.68. The Bertz CT molecular complexity index is 498. The molecule has 3 heteroatoms. The van der Waals surface area contributed by atoms with Crippen molar-refractivity contribution in [3.05, 3.63) is 0 Å². The van der Waals surface area contributed by atoms with Crippen molar-refractivity contribution >= 4 is 11.8 Å². The number of hydrogen-bond acceptors (Lipinski definition) is 3. The van der Waals surface area contributed by atoms with E-state index in [0.29, 0.717) is 5.41 Å². The second kappa shape index (κ2) is 6.71. The van der Waals surface area contributed by atoms with Gasteiger partial charge >= 0.3 is 0 Å². The lowest BCUT2D eigenvalue weighted by Crippen LogP contribution is -2.56. The maximum absolute atomic E-state index is 11.6. The van der Waals surface area contributed by atoms with Crippen LogP contribution in [0.1, 0.15) is 78.1 Å². The lowest BCUT2D eigenvalue weighted by atomic mass is 9.44. The average molecular weight is 366 g/mol. The molecule has 0 aromatic heterocycles. The Morgan fingerprint density at radius 2 is 1.76 bits per heavy atom. The van der Waals surface area contributed by atoms with E-state index in [1.807, 2.05) is 11.8 Å². The van der Waals surface area contributed by atoms with Crippen LogP contribution in [0.3, 0.4) is 0 Å². The Labute approximate surface area is 159 Å². The molecule has 4 aliphatic rings. The number of aliphatic hydroxyl groups is 1. The van der Waals surface area contributed by atoms with Gasteiger partial charge in [-0.3, -0.25) is 0 Å². The van der Waals surface area contributed by atoms with E-state index in [4.69, 9.17) is 5.73 Å². The van der Waals surface area contributed by atoms with Gasteiger partial charge < -0.3 is 10.8 Å². The zero-order chi connectivity index (χ0) is 17.7. The molecule has 4 aliphatic carbocycles. The van der Waals surface area contributed by atoms with Crippen LogP contribution in [0.15, 0.2) is 0 Å². The molecule has 0 aromatic carbocycles. The lowest BCUT2D eigenvalue weighted by Gasteiger charge is -2.61. The smallest absolute Gasteiger partial charge is 0.0793 e. The quantitative estimate of drug-likeness (QED) is 0.701. The molecule has 3 N–H and O–H groups in total. The molecule has 0 heterocycles. The maximum atomic E-state index is 11.6. The molecule has 0 amide bonds. The van der Waals surface area contributed by atoms with E-state index < -0.39 is 5.60 Å². The van der Waals surface area contributed by atoms with Crippen LogP contribution in [0.4, 0.5) is 0 Å². The van der Waals surface area contributed by atoms with Crippen molar-refractivity contribution in [2.24, 2.45) is 40.2 Å². The van der Waals surface area contributed by atoms with Gasteiger partial charge in [0.25, 0.3) is 0 Å². The van der Waals surface area contributed by atoms with Gasteiger partial charge in [-0.05, 0) is 80.5 Å². The summed E-state index contributed by atoms with van der Waals surface area (Å²) in [6, 6.07) is 0. The number of rotatable bonds is 4. The van der Waals surface area contributed by atoms with Crippen LogP contribution in [0.25, 0.3) is 0 Å². The third kappa shape index (κ3) is 2.74. The fourth-order valence-corrected chi connectivity index (χ4v) is 9.09. The van der Waals surface area contributed by atoms with Crippen molar-refractivity contribution in [2.45, 2.75) is 83.7 Å². The first kappa shape index (κ1) is 18.6. The summed E-state index contributed by atoms with van der Waals surface area (Å²) in [6.07, 6.45) is 13.7. The largest absolute Gasteiger partial charge is 0.388 e. The highest BCUT2D eigenvalue weighted by molar-refractivity contribution is 7.99. The van der Waals surface area contributed by atoms with E-state index in [9.17, 15) is 5.11 Å². The zero-order valence-electron chi connectivity index (χ0n) is 16.4. The minimum absolute atomic E-state index is 0.146. The van der Waals surface area contributed by atoms with Gasteiger partial charge in [-0.1, -0.05) is 26.7 Å². The first-order valence-electron chi connectivity index (χ1n) is 10.9. The molecule has 4 fully saturated rings. The first-order chi connectivity index (χ1) is 11.9. The molecule has 25 heavy (non-hydrogen) atoms. The highest BCUT2D eigenvalue weighted by atomic mass is 32.2. The Morgan fingerprint density at radius 1 is 0.960 bits per heavy atom. The summed E-state index contributed by atoms with van der Waals surface area (Å²) >= 11 is 1.88. The van der Waals surface area contributed by atoms with Crippen molar-refractivity contribution in [3.63, 3.8) is 0 Å². The molecule has 0 spiro atoms. The minimum atomic E-state index is -0.452. The molecule has 0 aromatic rings. The summed E-state index contributed by atoms with van der Waals surface area (Å²) in [7, 11) is 0. The summed E-state index contributed by atoms with van der Waals surface area (Å²) in [4.78, 5) is 0. The SMILES string of the molecule is CC12CCCCC1CCC1C2CCC2(C)C1CCC2(O)CSCCN. The van der Waals surface area contributed by atoms with Crippen LogP contribution >= 0.6 is 11.8 Å². The van der Waals surface area contributed by atoms with E-state index in [0.717, 1.165) is 48.1 Å². The predicted molar refractivity (Wildman–Crippen MR) is 108 cm³/mol. The van der Waals surface area contributed by atoms with E-state index in [-0.39, 0.29) is 5.41 Å². The van der Waals surface area contributed by atoms with Crippen LogP contribution in [-0.2, 0) is 0 Å². The van der Waals surface area contributed by atoms with Crippen molar-refractivity contribution < 1.29 is 5.11 Å². The van der Waals surface area contributed by atoms with Gasteiger partial charge in [0, 0.05) is 23.5 Å². The molecule has 0 aliphatic heterocycles. The van der Waals surface area contributed by atoms with Crippen LogP contribution in [0.2, 0.25) is 0 Å². The van der Waals surface area contributed by atoms with Crippen LogP contribution < -0.4 is 5.73 Å². The van der Waals surface area contributed by atoms with Gasteiger partial charge in [0.15, 0.2) is 0 Å². The standard InChI is InChI=1S/C22H39NOS/c1-20-10-4-3-5-16(20)6-7-17-18(20)8-11-21(2)19(17)9-12-22(21,24)15-25-14-13-23/h16-19,24H,3-15,23H2,1-2H3. The van der Waals surface area contributed by atoms with Crippen molar-refractivity contribution in [3.8, 4) is 0 Å². The Balaban J connectivity index is 1.55. The summed E-state index contributed by atoms with van der Waals surface area (Å²) in [5.74, 6) is 5.44. The van der Waals surface area contributed by atoms with Crippen LogP contribution in [0.5, 0.6) is 0 Å². The van der Waals surface area contributed by atoms with Crippen molar-refractivity contribution in [2.75, 3.05) is 18.1 Å². The zero-order valence-corrected chi connectivity index (χ0v) is 17.3. The second-order valence-corrected chi connectivity index (χ2v) is 11.4. The van der Waals surface area contributed by atoms with E-state index in [1.54, 1.807) is 0 Å². The molecule has 0 bridgehead atoms. The lowest BCUT2D eigenvalue weighted by molar-refractivity contribution is -0.143. The first-order valence-corrected chi connectivity index (χ1v) is 12.1. The fourth-order valence-electron chi connectivity index (χ4n) is 7.97. The van der Waals surface area contributed by atoms with Gasteiger partial charge in [-0.15, -0.1) is 0 Å². The minimum Gasteiger partial charge on any atom is -0.388 e. The highest BCUT2D eigenvalue weighted by Gasteiger charge is 2.64. The third-order valence-electron chi connectivity index (χ3n) is 9.51. The summed E-state index contributed by atoms with van der Waals surface area (Å²) in [6.45, 7) is 5.82. The van der Waals surface area contributed by atoms with E-state index >= 15 is 0 Å². The predicted octanol–water partition coefficient (Wildman–Crippen LogP) is 4.84. The molecular formula is C22H39NOS. The van der Waals surface area contributed by atoms with E-state index in [2.05, 4.69) is 13.8 Å². The summed E-state index contributed by atoms with van der Waals surface area (Å²) in [5.41, 5.74) is 5.99. The van der Waals surface area contributed by atoms with Gasteiger partial charge in [-0.25, -0.2) is 0 Å². The third-order valence-corrected chi connectivity index (χ3v) is 10.7. The van der Waals surface area contributed by atoms with Gasteiger partial charge in [0.05, 0.1) is 5.60 Å². The molecule has 7 unspecified atom stereocenters. The molecule has 0 saturated heterocycles. The van der Waals surface area contributed by atoms with Gasteiger partial charge in [0.1, 0.15) is 0 Å². The normalized spacial score (nSPS) is 52.3. The Morgan fingerprint density at radius 3 is 2.56 bits per heavy atom. The van der Waals surface area contributed by atoms with Crippen LogP contribution in [-0.4, -0.2) is 28.8 Å². The fraction of sp³-hybridized carbons (Fsp3) is 1.00. The van der Waals surface area contributed by atoms with Gasteiger partial charge in [0.2, 0.25) is 0 Å². The molecule has 0 radical (unpaired) electrons. The number of fused-ring (bicyclic) bond motifs is 5. The van der Waals surface area contributed by atoms with Crippen molar-refractivity contribution in [1.29, 1.82) is 0 Å². The molecule has 4 rings (SSSR count). The Kier molecular flexibility index (Phi) is 5.00. The van der Waals surface area contributed by atoms with Gasteiger partial charge in [-0.2, -0.15) is 11.8 Å². The number of thioether (sulfide) groups is 1. The summed E-state index contributed by atoms with van der Waals surface area (Å²) in [5, 5.41) is 11.6. The summed E-state index contributed by atoms with van der Waals surface area (Å²) < 4.78 is 0. The van der Waals surface area contributed by atoms with E-state index in [1.165, 1.54) is 57.8 Å². The molecule has 2 nitrogen and oxygen atoms in total. The number of hydrogen-bond donors (Lipinski definition) is 2. The maximum Gasteiger partial charge on any atom is 0.0793 e. The number of nitrogens with two attached hydrogens (primary N) is 1. The molecule has 4 saturated carbocycles. The molecule has 144 valence electrons. The van der Waals surface area contributed by atoms with Crippen molar-refractivity contribution in [1.82, 2.24) is 0 Å². The Hall–Kier alpha value is 0.270. The molecular weight excluding hydrogens is 326 g/mol. The van der Waals surface area contributed by atoms with Crippen LogP contribution in [0, 0.1) is 34.5 Å². The molecule has 7 atom stereocenters.